The molecule has 1 atom stereocenters. The van der Waals surface area contributed by atoms with E-state index in [4.69, 9.17) is 4.52 Å². The van der Waals surface area contributed by atoms with Crippen LogP contribution in [-0.2, 0) is 6.42 Å². The van der Waals surface area contributed by atoms with Crippen LogP contribution in [0.2, 0.25) is 0 Å². The van der Waals surface area contributed by atoms with Crippen LogP contribution in [0.15, 0.2) is 35.0 Å². The Kier molecular flexibility index (Phi) is 5.27. The number of amides is 1. The zero-order valence-electron chi connectivity index (χ0n) is 15.6. The smallest absolute Gasteiger partial charge is 0.292 e. The molecule has 2 aromatic rings. The lowest BCUT2D eigenvalue weighted by Gasteiger charge is -2.28. The molecule has 26 heavy (non-hydrogen) atoms. The largest absolute Gasteiger partial charge is 0.386 e. The maximum Gasteiger partial charge on any atom is 0.292 e. The van der Waals surface area contributed by atoms with E-state index in [0.717, 1.165) is 17.9 Å². The number of aliphatic hydroxyl groups is 1. The Labute approximate surface area is 153 Å². The van der Waals surface area contributed by atoms with E-state index in [0.29, 0.717) is 25.4 Å². The Morgan fingerprint density at radius 1 is 1.46 bits per heavy atom. The predicted molar refractivity (Wildman–Crippen MR) is 98.0 cm³/mol. The molecule has 3 rings (SSSR count). The van der Waals surface area contributed by atoms with Gasteiger partial charge in [0.05, 0.1) is 12.2 Å². The van der Waals surface area contributed by atoms with Gasteiger partial charge in [-0.3, -0.25) is 4.79 Å². The Morgan fingerprint density at radius 2 is 2.27 bits per heavy atom. The van der Waals surface area contributed by atoms with Crippen molar-refractivity contribution in [2.45, 2.75) is 32.3 Å². The van der Waals surface area contributed by atoms with Gasteiger partial charge in [0.25, 0.3) is 5.91 Å². The zero-order chi connectivity index (χ0) is 18.7. The molecular weight excluding hydrogens is 332 g/mol. The highest BCUT2D eigenvalue weighted by Crippen LogP contribution is 2.26. The number of pyridine rings is 1. The van der Waals surface area contributed by atoms with E-state index >= 15 is 0 Å². The topological polar surface area (TPSA) is 82.7 Å². The third-order valence-electron chi connectivity index (χ3n) is 4.57. The molecule has 3 heterocycles. The number of rotatable bonds is 6. The van der Waals surface area contributed by atoms with Crippen LogP contribution in [-0.4, -0.2) is 58.3 Å². The van der Waals surface area contributed by atoms with Crippen LogP contribution < -0.4 is 4.90 Å². The van der Waals surface area contributed by atoms with Crippen molar-refractivity contribution in [1.29, 1.82) is 0 Å². The first-order valence-electron chi connectivity index (χ1n) is 8.96. The van der Waals surface area contributed by atoms with Crippen molar-refractivity contribution in [3.63, 3.8) is 0 Å². The average Bonchev–Trinajstić information content (AvgIpc) is 3.21. The van der Waals surface area contributed by atoms with Crippen LogP contribution in [0.25, 0.3) is 0 Å². The molecule has 0 saturated carbocycles. The molecule has 1 N–H and O–H groups in total. The molecule has 140 valence electrons. The van der Waals surface area contributed by atoms with Gasteiger partial charge in [0.15, 0.2) is 0 Å². The van der Waals surface area contributed by atoms with Crippen molar-refractivity contribution in [3.05, 3.63) is 41.9 Å². The van der Waals surface area contributed by atoms with E-state index in [-0.39, 0.29) is 18.2 Å². The number of carbonyl (C=O) groups is 1. The van der Waals surface area contributed by atoms with E-state index < -0.39 is 5.60 Å². The number of aromatic nitrogens is 2. The van der Waals surface area contributed by atoms with Crippen LogP contribution >= 0.6 is 0 Å². The maximum absolute atomic E-state index is 12.6. The van der Waals surface area contributed by atoms with Gasteiger partial charge in [-0.25, -0.2) is 4.98 Å². The third-order valence-corrected chi connectivity index (χ3v) is 4.57. The van der Waals surface area contributed by atoms with Crippen LogP contribution in [0, 0.1) is 5.92 Å². The van der Waals surface area contributed by atoms with E-state index in [2.05, 4.69) is 24.0 Å². The molecule has 0 radical (unpaired) electrons. The summed E-state index contributed by atoms with van der Waals surface area (Å²) in [4.78, 5) is 20.4. The summed E-state index contributed by atoms with van der Waals surface area (Å²) in [5.41, 5.74) is -0.194. The minimum absolute atomic E-state index is 0.214. The van der Waals surface area contributed by atoms with Crippen molar-refractivity contribution in [3.8, 4) is 0 Å². The molecule has 1 aliphatic heterocycles. The second-order valence-electron chi connectivity index (χ2n) is 7.53. The molecule has 7 heteroatoms. The normalized spacial score (nSPS) is 20.0. The molecular formula is C19H26N4O3. The fraction of sp³-hybridized carbons (Fsp3) is 0.526. The molecule has 0 unspecified atom stereocenters. The zero-order valence-corrected chi connectivity index (χ0v) is 15.6. The highest BCUT2D eigenvalue weighted by molar-refractivity contribution is 5.91. The van der Waals surface area contributed by atoms with Gasteiger partial charge >= 0.3 is 0 Å². The van der Waals surface area contributed by atoms with Gasteiger partial charge in [0.1, 0.15) is 11.4 Å². The van der Waals surface area contributed by atoms with Crippen molar-refractivity contribution < 1.29 is 14.4 Å². The van der Waals surface area contributed by atoms with Crippen molar-refractivity contribution in [2.24, 2.45) is 5.92 Å². The van der Waals surface area contributed by atoms with Gasteiger partial charge in [-0.05, 0) is 30.9 Å². The molecule has 2 aromatic heterocycles. The summed E-state index contributed by atoms with van der Waals surface area (Å²) < 4.78 is 5.19. The molecule has 0 aromatic carbocycles. The third kappa shape index (κ3) is 4.22. The van der Waals surface area contributed by atoms with E-state index in [1.54, 1.807) is 19.3 Å². The van der Waals surface area contributed by atoms with E-state index in [1.165, 1.54) is 4.90 Å². The monoisotopic (exact) mass is 358 g/mol. The number of anilines is 1. The average molecular weight is 358 g/mol. The van der Waals surface area contributed by atoms with Gasteiger partial charge in [-0.15, -0.1) is 0 Å². The first-order valence-corrected chi connectivity index (χ1v) is 8.96. The molecule has 1 aliphatic rings. The van der Waals surface area contributed by atoms with Crippen molar-refractivity contribution in [1.82, 2.24) is 15.0 Å². The van der Waals surface area contributed by atoms with Gasteiger partial charge < -0.3 is 19.4 Å². The van der Waals surface area contributed by atoms with Crippen LogP contribution in [0.4, 0.5) is 5.82 Å². The fourth-order valence-corrected chi connectivity index (χ4v) is 3.35. The van der Waals surface area contributed by atoms with E-state index in [1.807, 2.05) is 23.1 Å². The number of carbonyl (C=O) groups excluding carboxylic acids is 1. The lowest BCUT2D eigenvalue weighted by Crippen LogP contribution is -2.45. The lowest BCUT2D eigenvalue weighted by molar-refractivity contribution is 0.0248. The maximum atomic E-state index is 12.6. The van der Waals surface area contributed by atoms with Gasteiger partial charge in [-0.1, -0.05) is 25.1 Å². The minimum Gasteiger partial charge on any atom is -0.386 e. The lowest BCUT2D eigenvalue weighted by atomic mass is 10.0. The first-order chi connectivity index (χ1) is 12.4. The summed E-state index contributed by atoms with van der Waals surface area (Å²) in [5, 5.41) is 14.9. The number of hydrogen-bond acceptors (Lipinski definition) is 6. The highest BCUT2D eigenvalue weighted by Gasteiger charge is 2.39. The summed E-state index contributed by atoms with van der Waals surface area (Å²) in [7, 11) is 1.67. The molecule has 1 saturated heterocycles. The number of hydrogen-bond donors (Lipinski definition) is 1. The SMILES string of the molecule is CC(C)Cc1cc(C(=O)N(C)C[C@]2(O)CCN(c3ccccn3)C2)on1. The quantitative estimate of drug-likeness (QED) is 0.850. The van der Waals surface area contributed by atoms with Crippen LogP contribution in [0.3, 0.4) is 0 Å². The predicted octanol–water partition coefficient (Wildman–Crippen LogP) is 1.98. The molecule has 0 aliphatic carbocycles. The van der Waals surface area contributed by atoms with Gasteiger partial charge in [0.2, 0.25) is 5.76 Å². The standard InChI is InChI=1S/C19H26N4O3/c1-14(2)10-15-11-16(26-21-15)18(24)22(3)12-19(25)7-9-23(13-19)17-6-4-5-8-20-17/h4-6,8,11,14,25H,7,9-10,12-13H2,1-3H3/t19-/m1/s1. The number of nitrogens with zero attached hydrogens (tertiary/aromatic N) is 4. The first kappa shape index (κ1) is 18.4. The Hall–Kier alpha value is -2.41. The molecule has 1 amide bonds. The van der Waals surface area contributed by atoms with Gasteiger partial charge in [-0.2, -0.15) is 0 Å². The summed E-state index contributed by atoms with van der Waals surface area (Å²) in [6.07, 6.45) is 3.08. The minimum atomic E-state index is -0.970. The van der Waals surface area contributed by atoms with E-state index in [9.17, 15) is 9.90 Å². The summed E-state index contributed by atoms with van der Waals surface area (Å²) in [6.45, 7) is 5.55. The molecule has 1 fully saturated rings. The van der Waals surface area contributed by atoms with Crippen LogP contribution in [0.5, 0.6) is 0 Å². The summed E-state index contributed by atoms with van der Waals surface area (Å²) in [6, 6.07) is 7.40. The molecule has 7 nitrogen and oxygen atoms in total. The fourth-order valence-electron chi connectivity index (χ4n) is 3.35. The summed E-state index contributed by atoms with van der Waals surface area (Å²) in [5.74, 6) is 1.23. The Bertz CT molecular complexity index is 746. The Balaban J connectivity index is 1.61. The number of likely N-dealkylation sites (N-methyl/N-ethyl adjacent to an activating group) is 1. The summed E-state index contributed by atoms with van der Waals surface area (Å²) >= 11 is 0. The second kappa shape index (κ2) is 7.45. The Morgan fingerprint density at radius 3 is 2.96 bits per heavy atom. The molecule has 0 bridgehead atoms. The van der Waals surface area contributed by atoms with Gasteiger partial charge in [0, 0.05) is 32.4 Å². The van der Waals surface area contributed by atoms with Crippen molar-refractivity contribution >= 4 is 11.7 Å². The highest BCUT2D eigenvalue weighted by atomic mass is 16.5. The van der Waals surface area contributed by atoms with Crippen LogP contribution in [0.1, 0.15) is 36.5 Å². The molecule has 0 spiro atoms. The number of β-amino-alcohol motifs (C(OH)–C–C–N with tert-alkyl or cyclic N) is 1. The second-order valence-corrected chi connectivity index (χ2v) is 7.53. The van der Waals surface area contributed by atoms with Crippen molar-refractivity contribution in [2.75, 3.05) is 31.6 Å².